The van der Waals surface area contributed by atoms with E-state index in [-0.39, 0.29) is 0 Å². The molecule has 0 spiro atoms. The van der Waals surface area contributed by atoms with Crippen LogP contribution >= 0.6 is 0 Å². The van der Waals surface area contributed by atoms with E-state index in [0.29, 0.717) is 17.5 Å². The van der Waals surface area contributed by atoms with Gasteiger partial charge in [-0.25, -0.2) is 19.9 Å². The number of para-hydroxylation sites is 4. The Balaban J connectivity index is 0.895. The van der Waals surface area contributed by atoms with Gasteiger partial charge in [-0.15, -0.1) is 0 Å². The fourth-order valence-corrected chi connectivity index (χ4v) is 10.5. The lowest BCUT2D eigenvalue weighted by molar-refractivity contribution is 1.07. The summed E-state index contributed by atoms with van der Waals surface area (Å²) in [5.74, 6) is 1.84. The smallest absolute Gasteiger partial charge is 0.164 e. The first-order chi connectivity index (χ1) is 34.7. The number of rotatable bonds is 7. The van der Waals surface area contributed by atoms with Crippen LogP contribution < -0.4 is 0 Å². The fraction of sp³-hybridized carbons (Fsp3) is 0. The first kappa shape index (κ1) is 39.6. The maximum atomic E-state index is 5.48. The second-order valence-corrected chi connectivity index (χ2v) is 17.8. The van der Waals surface area contributed by atoms with Crippen LogP contribution in [0.3, 0.4) is 0 Å². The Labute approximate surface area is 403 Å². The average molecular weight is 893 g/mol. The molecule has 0 N–H and O–H groups in total. The third-order valence-corrected chi connectivity index (χ3v) is 13.7. The van der Waals surface area contributed by atoms with Crippen molar-refractivity contribution < 1.29 is 0 Å². The molecule has 0 saturated heterocycles. The van der Waals surface area contributed by atoms with E-state index in [9.17, 15) is 0 Å². The minimum atomic E-state index is 0.610. The van der Waals surface area contributed by atoms with E-state index in [1.54, 1.807) is 0 Å². The first-order valence-corrected chi connectivity index (χ1v) is 23.6. The molecule has 0 radical (unpaired) electrons. The van der Waals surface area contributed by atoms with Gasteiger partial charge in [0.15, 0.2) is 17.5 Å². The quantitative estimate of drug-likeness (QED) is 0.150. The van der Waals surface area contributed by atoms with Gasteiger partial charge in [0.25, 0.3) is 0 Å². The Morgan fingerprint density at radius 2 is 0.729 bits per heavy atom. The van der Waals surface area contributed by atoms with Gasteiger partial charge in [-0.3, -0.25) is 0 Å². The van der Waals surface area contributed by atoms with Crippen LogP contribution in [0.2, 0.25) is 0 Å². The van der Waals surface area contributed by atoms with Gasteiger partial charge in [0.2, 0.25) is 0 Å². The van der Waals surface area contributed by atoms with E-state index in [4.69, 9.17) is 19.9 Å². The van der Waals surface area contributed by atoms with E-state index in [0.717, 1.165) is 83.3 Å². The molecule has 0 aliphatic heterocycles. The predicted molar refractivity (Wildman–Crippen MR) is 288 cm³/mol. The molecule has 0 amide bonds. The van der Waals surface area contributed by atoms with Crippen LogP contribution in [-0.2, 0) is 0 Å². The van der Waals surface area contributed by atoms with Crippen molar-refractivity contribution in [2.24, 2.45) is 0 Å². The molecule has 4 aromatic heterocycles. The van der Waals surface area contributed by atoms with Gasteiger partial charge in [0.05, 0.1) is 33.3 Å². The molecule has 0 fully saturated rings. The molecule has 326 valence electrons. The number of aromatic nitrogens is 6. The fourth-order valence-electron chi connectivity index (χ4n) is 10.5. The van der Waals surface area contributed by atoms with Crippen molar-refractivity contribution in [2.75, 3.05) is 0 Å². The summed E-state index contributed by atoms with van der Waals surface area (Å²) in [5.41, 5.74) is 14.7. The third kappa shape index (κ3) is 6.42. The second kappa shape index (κ2) is 16.1. The molecule has 70 heavy (non-hydrogen) atoms. The van der Waals surface area contributed by atoms with Crippen LogP contribution in [-0.4, -0.2) is 29.1 Å². The van der Waals surface area contributed by atoms with Gasteiger partial charge in [0, 0.05) is 65.9 Å². The van der Waals surface area contributed by atoms with Gasteiger partial charge in [-0.2, -0.15) is 0 Å². The van der Waals surface area contributed by atoms with Crippen LogP contribution in [0.1, 0.15) is 0 Å². The van der Waals surface area contributed by atoms with E-state index in [2.05, 4.69) is 221 Å². The minimum absolute atomic E-state index is 0.610. The molecule has 0 aliphatic rings. The molecule has 14 aromatic rings. The van der Waals surface area contributed by atoms with Gasteiger partial charge in [-0.1, -0.05) is 182 Å². The number of pyridine rings is 1. The van der Waals surface area contributed by atoms with Gasteiger partial charge in [-0.05, 0) is 77.2 Å². The van der Waals surface area contributed by atoms with E-state index in [1.165, 1.54) is 32.4 Å². The van der Waals surface area contributed by atoms with Crippen molar-refractivity contribution in [1.82, 2.24) is 29.1 Å². The molecular formula is C64H40N6. The number of fused-ring (bicyclic) bond motifs is 10. The Hall–Kier alpha value is -9.52. The molecule has 4 heterocycles. The third-order valence-electron chi connectivity index (χ3n) is 13.7. The van der Waals surface area contributed by atoms with Crippen molar-refractivity contribution in [3.63, 3.8) is 0 Å². The summed E-state index contributed by atoms with van der Waals surface area (Å²) in [6.07, 6.45) is 0. The minimum Gasteiger partial charge on any atom is -0.309 e. The summed E-state index contributed by atoms with van der Waals surface area (Å²) < 4.78 is 4.70. The topological polar surface area (TPSA) is 61.4 Å². The molecular weight excluding hydrogens is 853 g/mol. The lowest BCUT2D eigenvalue weighted by Gasteiger charge is -2.14. The lowest BCUT2D eigenvalue weighted by atomic mass is 9.94. The van der Waals surface area contributed by atoms with E-state index >= 15 is 0 Å². The predicted octanol–water partition coefficient (Wildman–Crippen LogP) is 16.1. The lowest BCUT2D eigenvalue weighted by Crippen LogP contribution is -2.01. The summed E-state index contributed by atoms with van der Waals surface area (Å²) in [7, 11) is 0. The molecule has 14 rings (SSSR count). The molecule has 0 aliphatic carbocycles. The maximum absolute atomic E-state index is 5.48. The molecule has 0 saturated carbocycles. The summed E-state index contributed by atoms with van der Waals surface area (Å²) >= 11 is 0. The first-order valence-electron chi connectivity index (χ1n) is 23.6. The van der Waals surface area contributed by atoms with Gasteiger partial charge >= 0.3 is 0 Å². The molecule has 6 heteroatoms. The normalized spacial score (nSPS) is 11.7. The second-order valence-electron chi connectivity index (χ2n) is 17.8. The zero-order chi connectivity index (χ0) is 46.1. The summed E-state index contributed by atoms with van der Waals surface area (Å²) in [6.45, 7) is 0. The van der Waals surface area contributed by atoms with Crippen LogP contribution in [0.15, 0.2) is 243 Å². The Morgan fingerprint density at radius 3 is 1.40 bits per heavy atom. The zero-order valence-electron chi connectivity index (χ0n) is 37.8. The van der Waals surface area contributed by atoms with Gasteiger partial charge in [0.1, 0.15) is 0 Å². The highest BCUT2D eigenvalue weighted by molar-refractivity contribution is 6.28. The van der Waals surface area contributed by atoms with Crippen molar-refractivity contribution in [3.05, 3.63) is 243 Å². The van der Waals surface area contributed by atoms with Gasteiger partial charge < -0.3 is 9.13 Å². The molecule has 0 atom stereocenters. The zero-order valence-corrected chi connectivity index (χ0v) is 37.8. The number of hydrogen-bond donors (Lipinski definition) is 0. The number of hydrogen-bond acceptors (Lipinski definition) is 4. The average Bonchev–Trinajstić information content (AvgIpc) is 3.97. The Morgan fingerprint density at radius 1 is 0.243 bits per heavy atom. The Bertz CT molecular complexity index is 4280. The molecule has 0 unspecified atom stereocenters. The summed E-state index contributed by atoms with van der Waals surface area (Å²) in [5, 5.41) is 8.25. The van der Waals surface area contributed by atoms with E-state index in [1.807, 2.05) is 30.3 Å². The monoisotopic (exact) mass is 892 g/mol. The highest BCUT2D eigenvalue weighted by Crippen LogP contribution is 2.43. The largest absolute Gasteiger partial charge is 0.309 e. The molecule has 0 bridgehead atoms. The number of benzene rings is 10. The van der Waals surface area contributed by atoms with Crippen molar-refractivity contribution in [3.8, 4) is 67.9 Å². The van der Waals surface area contributed by atoms with Crippen LogP contribution in [0.4, 0.5) is 0 Å². The highest BCUT2D eigenvalue weighted by atomic mass is 15.0. The SMILES string of the molecule is c1ccc(-c2nc(-c3ccc(-c4ccc5nc(-c6ccccc6)c6c(ccc7c6c6ccccc6n7-c6ccccc6)c5c4)cc3)nc(-c3cccc(-n4c5ccccc5c5ccccc54)c3)n2)cc1. The number of nitrogens with zero attached hydrogens (tertiary/aromatic N) is 6. The van der Waals surface area contributed by atoms with Crippen molar-refractivity contribution in [1.29, 1.82) is 0 Å². The Kier molecular flexibility index (Phi) is 9.10. The maximum Gasteiger partial charge on any atom is 0.164 e. The van der Waals surface area contributed by atoms with Crippen molar-refractivity contribution in [2.45, 2.75) is 0 Å². The van der Waals surface area contributed by atoms with Crippen molar-refractivity contribution >= 4 is 65.3 Å². The standard InChI is InChI=1S/C64H40N6/c1-4-17-42(18-5-1)61-60-51(36-38-58-59(60)52-27-12-15-30-57(52)69(58)47-22-8-3-9-23-47)53-40-45(35-37-54(53)65-61)41-31-33-44(34-32-41)63-66-62(43-19-6-2-7-20-43)67-64(68-63)46-21-16-24-48(39-46)70-55-28-13-10-25-49(55)50-26-11-14-29-56(50)70/h1-40H. The summed E-state index contributed by atoms with van der Waals surface area (Å²) in [4.78, 5) is 20.9. The highest BCUT2D eigenvalue weighted by Gasteiger charge is 2.21. The van der Waals surface area contributed by atoms with Crippen LogP contribution in [0, 0.1) is 0 Å². The van der Waals surface area contributed by atoms with E-state index < -0.39 is 0 Å². The summed E-state index contributed by atoms with van der Waals surface area (Å²) in [6, 6.07) is 85.6. The molecule has 10 aromatic carbocycles. The molecule has 6 nitrogen and oxygen atoms in total. The van der Waals surface area contributed by atoms with Crippen LogP contribution in [0.5, 0.6) is 0 Å². The van der Waals surface area contributed by atoms with Crippen LogP contribution in [0.25, 0.3) is 133 Å².